The summed E-state index contributed by atoms with van der Waals surface area (Å²) in [4.78, 5) is 10.4. The average molecular weight is 284 g/mol. The molecule has 5 nitrogen and oxygen atoms in total. The highest BCUT2D eigenvalue weighted by atomic mass is 32.2. The van der Waals surface area contributed by atoms with Gasteiger partial charge in [-0.1, -0.05) is 6.92 Å². The molecule has 0 aromatic heterocycles. The van der Waals surface area contributed by atoms with E-state index in [9.17, 15) is 10.1 Å². The van der Waals surface area contributed by atoms with Crippen molar-refractivity contribution in [2.75, 3.05) is 19.1 Å². The number of nitrogens with one attached hydrogen (secondary N) is 1. The number of methoxy groups -OCH3 is 1. The van der Waals surface area contributed by atoms with Crippen molar-refractivity contribution < 1.29 is 9.66 Å². The number of non-ortho nitro benzene ring substituents is 1. The first-order chi connectivity index (χ1) is 9.10. The van der Waals surface area contributed by atoms with Crippen molar-refractivity contribution in [1.82, 2.24) is 5.32 Å². The van der Waals surface area contributed by atoms with Crippen LogP contribution >= 0.6 is 11.8 Å². The predicted octanol–water partition coefficient (Wildman–Crippen LogP) is 2.83. The summed E-state index contributed by atoms with van der Waals surface area (Å²) in [7, 11) is 1.51. The highest BCUT2D eigenvalue weighted by Crippen LogP contribution is 2.22. The molecule has 0 amide bonds. The Hall–Kier alpha value is -1.27. The lowest BCUT2D eigenvalue weighted by atomic mass is 10.1. The minimum atomic E-state index is -0.398. The Kier molecular flexibility index (Phi) is 6.66. The van der Waals surface area contributed by atoms with Crippen molar-refractivity contribution in [2.45, 2.75) is 25.9 Å². The van der Waals surface area contributed by atoms with Crippen LogP contribution in [0.5, 0.6) is 5.75 Å². The van der Waals surface area contributed by atoms with Gasteiger partial charge in [-0.05, 0) is 24.3 Å². The monoisotopic (exact) mass is 284 g/mol. The van der Waals surface area contributed by atoms with E-state index < -0.39 is 4.92 Å². The number of nitrogens with zero attached hydrogens (tertiary/aromatic N) is 1. The van der Waals surface area contributed by atoms with Crippen molar-refractivity contribution >= 4 is 17.4 Å². The van der Waals surface area contributed by atoms with Gasteiger partial charge in [-0.3, -0.25) is 10.1 Å². The molecule has 0 radical (unpaired) electrons. The molecule has 0 heterocycles. The summed E-state index contributed by atoms with van der Waals surface area (Å²) < 4.78 is 5.09. The van der Waals surface area contributed by atoms with Gasteiger partial charge in [0, 0.05) is 24.4 Å². The third kappa shape index (κ3) is 5.08. The van der Waals surface area contributed by atoms with Gasteiger partial charge in [0.1, 0.15) is 5.75 Å². The molecule has 1 unspecified atom stereocenters. The molecule has 0 aliphatic carbocycles. The van der Waals surface area contributed by atoms with Gasteiger partial charge >= 0.3 is 0 Å². The molecule has 1 rings (SSSR count). The van der Waals surface area contributed by atoms with E-state index in [1.807, 2.05) is 6.07 Å². The first kappa shape index (κ1) is 15.8. The Morgan fingerprint density at radius 1 is 1.47 bits per heavy atom. The first-order valence-corrected chi connectivity index (χ1v) is 7.54. The van der Waals surface area contributed by atoms with Crippen LogP contribution in [0.1, 0.15) is 18.9 Å². The summed E-state index contributed by atoms with van der Waals surface area (Å²) in [5, 5.41) is 14.2. The quantitative estimate of drug-likeness (QED) is 0.587. The van der Waals surface area contributed by atoms with E-state index in [-0.39, 0.29) is 5.69 Å². The first-order valence-electron chi connectivity index (χ1n) is 6.15. The van der Waals surface area contributed by atoms with Crippen LogP contribution < -0.4 is 10.1 Å². The molecule has 19 heavy (non-hydrogen) atoms. The number of hydrogen-bond acceptors (Lipinski definition) is 5. The van der Waals surface area contributed by atoms with Gasteiger partial charge in [0.15, 0.2) is 0 Å². The number of nitro groups is 1. The molecule has 0 saturated heterocycles. The largest absolute Gasteiger partial charge is 0.496 e. The van der Waals surface area contributed by atoms with Gasteiger partial charge in [-0.25, -0.2) is 0 Å². The SMILES string of the molecule is CCC(CSC)NCc1cc(OC)cc([N+](=O)[O-])c1. The van der Waals surface area contributed by atoms with Crippen molar-refractivity contribution in [3.8, 4) is 5.75 Å². The van der Waals surface area contributed by atoms with Crippen LogP contribution in [-0.4, -0.2) is 30.1 Å². The Labute approximate surface area is 117 Å². The van der Waals surface area contributed by atoms with E-state index in [1.165, 1.54) is 13.2 Å². The Morgan fingerprint density at radius 2 is 2.21 bits per heavy atom. The summed E-state index contributed by atoms with van der Waals surface area (Å²) >= 11 is 1.79. The normalized spacial score (nSPS) is 12.2. The van der Waals surface area contributed by atoms with E-state index >= 15 is 0 Å². The Morgan fingerprint density at radius 3 is 2.74 bits per heavy atom. The van der Waals surface area contributed by atoms with Crippen LogP contribution in [-0.2, 0) is 6.54 Å². The highest BCUT2D eigenvalue weighted by Gasteiger charge is 2.11. The van der Waals surface area contributed by atoms with E-state index in [0.717, 1.165) is 17.7 Å². The number of rotatable bonds is 8. The number of benzene rings is 1. The lowest BCUT2D eigenvalue weighted by Gasteiger charge is -2.15. The van der Waals surface area contributed by atoms with E-state index in [2.05, 4.69) is 18.5 Å². The van der Waals surface area contributed by atoms with Crippen LogP contribution in [0.15, 0.2) is 18.2 Å². The van der Waals surface area contributed by atoms with Gasteiger partial charge in [0.05, 0.1) is 18.1 Å². The molecule has 1 aromatic rings. The number of ether oxygens (including phenoxy) is 1. The van der Waals surface area contributed by atoms with Crippen LogP contribution in [0.3, 0.4) is 0 Å². The maximum absolute atomic E-state index is 10.8. The summed E-state index contributed by atoms with van der Waals surface area (Å²) in [6.07, 6.45) is 3.10. The van der Waals surface area contributed by atoms with E-state index in [1.54, 1.807) is 17.8 Å². The summed E-state index contributed by atoms with van der Waals surface area (Å²) in [6.45, 7) is 2.74. The van der Waals surface area contributed by atoms with Crippen molar-refractivity contribution in [1.29, 1.82) is 0 Å². The van der Waals surface area contributed by atoms with Gasteiger partial charge in [0.2, 0.25) is 0 Å². The van der Waals surface area contributed by atoms with Crippen LogP contribution in [0.25, 0.3) is 0 Å². The van der Waals surface area contributed by atoms with Crippen LogP contribution in [0.4, 0.5) is 5.69 Å². The standard InChI is InChI=1S/C13H20N2O3S/c1-4-11(9-19-3)14-8-10-5-12(15(16)17)7-13(6-10)18-2/h5-7,11,14H,4,8-9H2,1-3H3. The third-order valence-corrected chi connectivity index (χ3v) is 3.59. The molecule has 1 aromatic carbocycles. The van der Waals surface area contributed by atoms with Crippen LogP contribution in [0, 0.1) is 10.1 Å². The molecule has 0 fully saturated rings. The maximum Gasteiger partial charge on any atom is 0.273 e. The lowest BCUT2D eigenvalue weighted by molar-refractivity contribution is -0.385. The molecule has 0 bridgehead atoms. The molecular weight excluding hydrogens is 264 g/mol. The molecule has 0 spiro atoms. The average Bonchev–Trinajstić information content (AvgIpc) is 2.42. The summed E-state index contributed by atoms with van der Waals surface area (Å²) in [5.41, 5.74) is 0.930. The van der Waals surface area contributed by atoms with Crippen molar-refractivity contribution in [2.24, 2.45) is 0 Å². The molecular formula is C13H20N2O3S. The topological polar surface area (TPSA) is 64.4 Å². The second kappa shape index (κ2) is 8.01. The fourth-order valence-corrected chi connectivity index (χ4v) is 2.51. The van der Waals surface area contributed by atoms with E-state index in [0.29, 0.717) is 18.3 Å². The van der Waals surface area contributed by atoms with E-state index in [4.69, 9.17) is 4.74 Å². The van der Waals surface area contributed by atoms with Crippen molar-refractivity contribution in [3.63, 3.8) is 0 Å². The Bertz CT molecular complexity index is 426. The molecule has 0 aliphatic rings. The second-order valence-electron chi connectivity index (χ2n) is 4.24. The molecule has 1 atom stereocenters. The van der Waals surface area contributed by atoms with Gasteiger partial charge in [-0.15, -0.1) is 0 Å². The minimum absolute atomic E-state index is 0.0639. The zero-order chi connectivity index (χ0) is 14.3. The number of nitro benzene ring substituents is 1. The summed E-state index contributed by atoms with van der Waals surface area (Å²) in [6, 6.07) is 5.26. The van der Waals surface area contributed by atoms with Gasteiger partial charge in [0.25, 0.3) is 5.69 Å². The smallest absolute Gasteiger partial charge is 0.273 e. The van der Waals surface area contributed by atoms with Crippen molar-refractivity contribution in [3.05, 3.63) is 33.9 Å². The lowest BCUT2D eigenvalue weighted by Crippen LogP contribution is -2.30. The number of thioether (sulfide) groups is 1. The van der Waals surface area contributed by atoms with Crippen LogP contribution in [0.2, 0.25) is 0 Å². The Balaban J connectivity index is 2.76. The zero-order valence-electron chi connectivity index (χ0n) is 11.5. The van der Waals surface area contributed by atoms with Gasteiger partial charge < -0.3 is 10.1 Å². The highest BCUT2D eigenvalue weighted by molar-refractivity contribution is 7.98. The van der Waals surface area contributed by atoms with Gasteiger partial charge in [-0.2, -0.15) is 11.8 Å². The molecule has 0 saturated carbocycles. The molecule has 106 valence electrons. The molecule has 1 N–H and O–H groups in total. The zero-order valence-corrected chi connectivity index (χ0v) is 12.3. The predicted molar refractivity (Wildman–Crippen MR) is 78.9 cm³/mol. The maximum atomic E-state index is 10.8. The molecule has 0 aliphatic heterocycles. The minimum Gasteiger partial charge on any atom is -0.496 e. The second-order valence-corrected chi connectivity index (χ2v) is 5.15. The summed E-state index contributed by atoms with van der Waals surface area (Å²) in [5.74, 6) is 1.55. The fraction of sp³-hybridized carbons (Fsp3) is 0.538. The molecule has 6 heteroatoms. The fourth-order valence-electron chi connectivity index (χ4n) is 1.75. The number of hydrogen-bond donors (Lipinski definition) is 1. The third-order valence-electron chi connectivity index (χ3n) is 2.85.